The van der Waals surface area contributed by atoms with Crippen LogP contribution in [0, 0.1) is 0 Å². The lowest BCUT2D eigenvalue weighted by molar-refractivity contribution is 0.277. The van der Waals surface area contributed by atoms with Gasteiger partial charge < -0.3 is 14.7 Å². The molecular weight excluding hydrogens is 420 g/mol. The molecule has 0 amide bonds. The average Bonchev–Trinajstić information content (AvgIpc) is 2.80. The first-order valence-corrected chi connectivity index (χ1v) is 13.5. The van der Waals surface area contributed by atoms with Gasteiger partial charge in [-0.1, -0.05) is 59.8 Å². The smallest absolute Gasteiger partial charge is 0.231 e. The number of hydrogen-bond acceptors (Lipinski definition) is 6. The average molecular weight is 469 g/mol. The van der Waals surface area contributed by atoms with E-state index in [1.165, 1.54) is 32.4 Å². The van der Waals surface area contributed by atoms with E-state index in [1.807, 2.05) is 0 Å². The van der Waals surface area contributed by atoms with E-state index in [2.05, 4.69) is 59.4 Å². The Balaban J connectivity index is 0.000000616. The summed E-state index contributed by atoms with van der Waals surface area (Å²) in [6.45, 7) is 15.4. The molecule has 2 rings (SSSR count). The maximum absolute atomic E-state index is 6.26. The fraction of sp³-hybridized carbons (Fsp3) is 0.880. The summed E-state index contributed by atoms with van der Waals surface area (Å²) in [6.07, 6.45) is 13.5. The van der Waals surface area contributed by atoms with E-state index < -0.39 is 0 Å². The highest BCUT2D eigenvalue weighted by Gasteiger charge is 2.16. The second-order valence-corrected chi connectivity index (χ2v) is 9.29. The molecule has 1 aliphatic heterocycles. The highest BCUT2D eigenvalue weighted by molar-refractivity contribution is 6.28. The zero-order chi connectivity index (χ0) is 23.6. The van der Waals surface area contributed by atoms with Gasteiger partial charge in [0.25, 0.3) is 0 Å². The van der Waals surface area contributed by atoms with Gasteiger partial charge in [-0.25, -0.2) is 0 Å². The second kappa shape index (κ2) is 18.3. The van der Waals surface area contributed by atoms with Crippen LogP contribution in [0.4, 0.5) is 11.9 Å². The summed E-state index contributed by atoms with van der Waals surface area (Å²) in [5, 5.41) is 0.302. The highest BCUT2D eigenvalue weighted by atomic mass is 35.5. The van der Waals surface area contributed by atoms with E-state index in [0.29, 0.717) is 5.28 Å². The molecule has 6 nitrogen and oxygen atoms in total. The molecule has 1 aliphatic rings. The first kappa shape index (κ1) is 28.9. The molecule has 0 spiro atoms. The zero-order valence-corrected chi connectivity index (χ0v) is 22.3. The Morgan fingerprint density at radius 2 is 1.03 bits per heavy atom. The van der Waals surface area contributed by atoms with Crippen molar-refractivity contribution in [1.29, 1.82) is 0 Å². The topological polar surface area (TPSA) is 48.4 Å². The maximum atomic E-state index is 6.26. The van der Waals surface area contributed by atoms with Crippen LogP contribution in [0.15, 0.2) is 0 Å². The van der Waals surface area contributed by atoms with E-state index in [0.717, 1.165) is 89.4 Å². The third kappa shape index (κ3) is 12.2. The largest absolute Gasteiger partial charge is 0.341 e. The quantitative estimate of drug-likeness (QED) is 0.313. The highest BCUT2D eigenvalue weighted by Crippen LogP contribution is 2.19. The van der Waals surface area contributed by atoms with E-state index in [4.69, 9.17) is 16.6 Å². The molecule has 186 valence electrons. The number of anilines is 2. The summed E-state index contributed by atoms with van der Waals surface area (Å²) in [5.41, 5.74) is 0. The predicted octanol–water partition coefficient (Wildman–Crippen LogP) is 6.44. The summed E-state index contributed by atoms with van der Waals surface area (Å²) in [5.74, 6) is 1.46. The number of piperidine rings is 1. The first-order chi connectivity index (χ1) is 15.5. The molecule has 0 unspecified atom stereocenters. The molecule has 1 saturated heterocycles. The van der Waals surface area contributed by atoms with Crippen molar-refractivity contribution in [3.8, 4) is 0 Å². The molecular formula is C25H49ClN6. The van der Waals surface area contributed by atoms with Crippen molar-refractivity contribution in [1.82, 2.24) is 19.9 Å². The number of halogens is 1. The number of aromatic nitrogens is 3. The van der Waals surface area contributed by atoms with Gasteiger partial charge in [0.05, 0.1) is 0 Å². The second-order valence-electron chi connectivity index (χ2n) is 8.96. The van der Waals surface area contributed by atoms with Gasteiger partial charge in [-0.2, -0.15) is 15.0 Å². The monoisotopic (exact) mass is 468 g/mol. The molecule has 1 aromatic rings. The minimum absolute atomic E-state index is 0.302. The van der Waals surface area contributed by atoms with Crippen molar-refractivity contribution in [2.45, 2.75) is 98.3 Å². The Morgan fingerprint density at radius 3 is 1.31 bits per heavy atom. The van der Waals surface area contributed by atoms with Crippen LogP contribution < -0.4 is 9.80 Å². The molecule has 0 N–H and O–H groups in total. The summed E-state index contributed by atoms with van der Waals surface area (Å²) in [4.78, 5) is 20.6. The number of rotatable bonds is 14. The molecule has 0 aromatic carbocycles. The van der Waals surface area contributed by atoms with Gasteiger partial charge in [-0.05, 0) is 70.3 Å². The Kier molecular flexibility index (Phi) is 16.5. The van der Waals surface area contributed by atoms with Crippen molar-refractivity contribution in [2.24, 2.45) is 0 Å². The molecule has 0 aliphatic carbocycles. The van der Waals surface area contributed by atoms with Gasteiger partial charge in [0.2, 0.25) is 17.2 Å². The van der Waals surface area contributed by atoms with Crippen LogP contribution in [0.25, 0.3) is 0 Å². The van der Waals surface area contributed by atoms with Crippen molar-refractivity contribution in [2.75, 3.05) is 56.1 Å². The fourth-order valence-electron chi connectivity index (χ4n) is 3.68. The van der Waals surface area contributed by atoms with Crippen LogP contribution in [-0.2, 0) is 0 Å². The summed E-state index contributed by atoms with van der Waals surface area (Å²) < 4.78 is 0. The van der Waals surface area contributed by atoms with E-state index in [-0.39, 0.29) is 0 Å². The molecule has 32 heavy (non-hydrogen) atoms. The Hall–Kier alpha value is -1.14. The summed E-state index contributed by atoms with van der Waals surface area (Å²) in [6, 6.07) is 0. The van der Waals surface area contributed by atoms with Gasteiger partial charge in [0, 0.05) is 26.2 Å². The maximum Gasteiger partial charge on any atom is 0.231 e. The standard InChI is InChI=1S/C19H36ClN5.C6H13N/c1-5-9-13-24(14-10-6-2)18-21-17(20)22-19(23-18)25(15-11-7-3)16-12-8-4;1-7-5-3-2-4-6-7/h5-16H2,1-4H3;2-6H2,1H3. The lowest BCUT2D eigenvalue weighted by atomic mass is 10.1. The van der Waals surface area contributed by atoms with E-state index in [1.54, 1.807) is 0 Å². The molecule has 0 atom stereocenters. The fourth-order valence-corrected chi connectivity index (χ4v) is 3.84. The number of unbranched alkanes of at least 4 members (excludes halogenated alkanes) is 4. The van der Waals surface area contributed by atoms with E-state index in [9.17, 15) is 0 Å². The molecule has 2 heterocycles. The third-order valence-electron chi connectivity index (χ3n) is 5.86. The number of hydrogen-bond donors (Lipinski definition) is 0. The Morgan fingerprint density at radius 1 is 0.656 bits per heavy atom. The zero-order valence-electron chi connectivity index (χ0n) is 21.6. The van der Waals surface area contributed by atoms with Crippen LogP contribution in [0.2, 0.25) is 5.28 Å². The van der Waals surface area contributed by atoms with Gasteiger partial charge >= 0.3 is 0 Å². The van der Waals surface area contributed by atoms with Crippen molar-refractivity contribution in [3.63, 3.8) is 0 Å². The minimum Gasteiger partial charge on any atom is -0.341 e. The normalized spacial score (nSPS) is 14.1. The van der Waals surface area contributed by atoms with Crippen molar-refractivity contribution in [3.05, 3.63) is 5.28 Å². The van der Waals surface area contributed by atoms with Crippen LogP contribution >= 0.6 is 11.6 Å². The molecule has 0 radical (unpaired) electrons. The van der Waals surface area contributed by atoms with Crippen molar-refractivity contribution >= 4 is 23.5 Å². The Labute approximate surface area is 203 Å². The van der Waals surface area contributed by atoms with Crippen LogP contribution in [0.1, 0.15) is 98.3 Å². The van der Waals surface area contributed by atoms with Gasteiger partial charge in [-0.15, -0.1) is 0 Å². The van der Waals surface area contributed by atoms with Gasteiger partial charge in [0.15, 0.2) is 0 Å². The van der Waals surface area contributed by atoms with Gasteiger partial charge in [0.1, 0.15) is 0 Å². The number of likely N-dealkylation sites (tertiary alicyclic amines) is 1. The lowest BCUT2D eigenvalue weighted by Crippen LogP contribution is -2.31. The molecule has 7 heteroatoms. The summed E-state index contributed by atoms with van der Waals surface area (Å²) >= 11 is 6.26. The van der Waals surface area contributed by atoms with Crippen LogP contribution in [0.3, 0.4) is 0 Å². The predicted molar refractivity (Wildman–Crippen MR) is 140 cm³/mol. The van der Waals surface area contributed by atoms with E-state index >= 15 is 0 Å². The first-order valence-electron chi connectivity index (χ1n) is 13.2. The number of nitrogens with zero attached hydrogens (tertiary/aromatic N) is 6. The third-order valence-corrected chi connectivity index (χ3v) is 6.03. The van der Waals surface area contributed by atoms with Crippen LogP contribution in [-0.4, -0.2) is 66.2 Å². The molecule has 0 bridgehead atoms. The summed E-state index contributed by atoms with van der Waals surface area (Å²) in [7, 11) is 2.19. The molecule has 1 aromatic heterocycles. The Bertz CT molecular complexity index is 525. The SMILES string of the molecule is CCCCN(CCCC)c1nc(Cl)nc(N(CCCC)CCCC)n1.CN1CCCCC1. The lowest BCUT2D eigenvalue weighted by Gasteiger charge is -2.26. The molecule has 0 saturated carbocycles. The van der Waals surface area contributed by atoms with Crippen LogP contribution in [0.5, 0.6) is 0 Å². The molecule has 1 fully saturated rings. The van der Waals surface area contributed by atoms with Gasteiger partial charge in [-0.3, -0.25) is 0 Å². The minimum atomic E-state index is 0.302. The van der Waals surface area contributed by atoms with Crippen molar-refractivity contribution < 1.29 is 0 Å².